The van der Waals surface area contributed by atoms with Crippen molar-refractivity contribution in [3.63, 3.8) is 0 Å². The lowest BCUT2D eigenvalue weighted by molar-refractivity contribution is -0.244. The van der Waals surface area contributed by atoms with E-state index in [1.165, 1.54) is 141 Å². The quantitative estimate of drug-likeness (QED) is 0.0847. The molecule has 0 fully saturated rings. The third-order valence-electron chi connectivity index (χ3n) is 7.10. The van der Waals surface area contributed by atoms with Crippen molar-refractivity contribution in [1.29, 1.82) is 0 Å². The molecule has 0 atom stereocenters. The molecule has 0 aromatic heterocycles. The van der Waals surface area contributed by atoms with Crippen molar-refractivity contribution in [2.75, 3.05) is 19.8 Å². The van der Waals surface area contributed by atoms with Crippen molar-refractivity contribution in [3.05, 3.63) is 0 Å². The third kappa shape index (κ3) is 25.0. The van der Waals surface area contributed by atoms with E-state index >= 15 is 0 Å². The molecule has 0 aliphatic carbocycles. The summed E-state index contributed by atoms with van der Waals surface area (Å²) in [5.41, 5.74) is 0. The van der Waals surface area contributed by atoms with Crippen LogP contribution in [0.25, 0.3) is 0 Å². The maximum atomic E-state index is 9.72. The first-order valence-corrected chi connectivity index (χ1v) is 15.6. The van der Waals surface area contributed by atoms with E-state index in [2.05, 4.69) is 13.8 Å². The van der Waals surface area contributed by atoms with Gasteiger partial charge in [-0.1, -0.05) is 155 Å². The first-order valence-electron chi connectivity index (χ1n) is 15.6. The minimum atomic E-state index is -0.824. The molecule has 34 heavy (non-hydrogen) atoms. The van der Waals surface area contributed by atoms with E-state index in [1.54, 1.807) is 0 Å². The van der Waals surface area contributed by atoms with Crippen molar-refractivity contribution < 1.29 is 14.6 Å². The SMILES string of the molecule is CCCCCCCCCCCCCCOC(C)(CO)OCCCCCCCCCCCCCC. The van der Waals surface area contributed by atoms with Gasteiger partial charge >= 0.3 is 0 Å². The van der Waals surface area contributed by atoms with Crippen LogP contribution in [0, 0.1) is 0 Å². The van der Waals surface area contributed by atoms with Crippen LogP contribution in [0.2, 0.25) is 0 Å². The normalized spacial score (nSPS) is 12.0. The predicted molar refractivity (Wildman–Crippen MR) is 150 cm³/mol. The van der Waals surface area contributed by atoms with Gasteiger partial charge < -0.3 is 14.6 Å². The average Bonchev–Trinajstić information content (AvgIpc) is 2.85. The topological polar surface area (TPSA) is 38.7 Å². The van der Waals surface area contributed by atoms with Crippen LogP contribution in [0.5, 0.6) is 0 Å². The van der Waals surface area contributed by atoms with Gasteiger partial charge in [-0.2, -0.15) is 0 Å². The third-order valence-corrected chi connectivity index (χ3v) is 7.10. The number of rotatable bonds is 29. The molecule has 206 valence electrons. The molecule has 0 spiro atoms. The summed E-state index contributed by atoms with van der Waals surface area (Å²) in [6.45, 7) is 7.75. The van der Waals surface area contributed by atoms with E-state index in [1.807, 2.05) is 6.92 Å². The highest BCUT2D eigenvalue weighted by molar-refractivity contribution is 4.61. The summed E-state index contributed by atoms with van der Waals surface area (Å²) in [6.07, 6.45) is 32.3. The Morgan fingerprint density at radius 2 is 0.647 bits per heavy atom. The minimum absolute atomic E-state index is 0.0660. The smallest absolute Gasteiger partial charge is 0.188 e. The van der Waals surface area contributed by atoms with E-state index in [9.17, 15) is 5.11 Å². The maximum absolute atomic E-state index is 9.72. The van der Waals surface area contributed by atoms with Crippen LogP contribution in [0.4, 0.5) is 0 Å². The molecule has 0 aliphatic rings. The Kier molecular flexibility index (Phi) is 27.4. The van der Waals surface area contributed by atoms with E-state index in [0.717, 1.165) is 12.8 Å². The first kappa shape index (κ1) is 33.9. The first-order chi connectivity index (χ1) is 16.7. The van der Waals surface area contributed by atoms with E-state index < -0.39 is 5.79 Å². The monoisotopic (exact) mass is 484 g/mol. The van der Waals surface area contributed by atoms with Gasteiger partial charge in [0.2, 0.25) is 0 Å². The standard InChI is InChI=1S/C31H64O3/c1-4-6-8-10-12-14-16-18-20-22-24-26-28-33-31(3,30-32)34-29-27-25-23-21-19-17-15-13-11-9-7-5-2/h32H,4-30H2,1-3H3. The van der Waals surface area contributed by atoms with Gasteiger partial charge in [-0.25, -0.2) is 0 Å². The summed E-state index contributed by atoms with van der Waals surface area (Å²) >= 11 is 0. The van der Waals surface area contributed by atoms with Crippen LogP contribution >= 0.6 is 0 Å². The Labute approximate surface area is 215 Å². The van der Waals surface area contributed by atoms with Crippen LogP contribution in [0.1, 0.15) is 175 Å². The Morgan fingerprint density at radius 1 is 0.412 bits per heavy atom. The molecule has 0 aliphatic heterocycles. The van der Waals surface area contributed by atoms with Gasteiger partial charge in [-0.15, -0.1) is 0 Å². The fourth-order valence-corrected chi connectivity index (χ4v) is 4.60. The predicted octanol–water partition coefficient (Wildman–Crippen LogP) is 10.1. The Bertz CT molecular complexity index is 342. The van der Waals surface area contributed by atoms with Crippen LogP contribution in [0.3, 0.4) is 0 Å². The highest BCUT2D eigenvalue weighted by Gasteiger charge is 2.24. The lowest BCUT2D eigenvalue weighted by Crippen LogP contribution is -2.37. The number of hydrogen-bond donors (Lipinski definition) is 1. The second-order valence-electron chi connectivity index (χ2n) is 10.8. The van der Waals surface area contributed by atoms with Crippen molar-refractivity contribution in [2.45, 2.75) is 181 Å². The average molecular weight is 485 g/mol. The van der Waals surface area contributed by atoms with Gasteiger partial charge in [0.25, 0.3) is 0 Å². The van der Waals surface area contributed by atoms with Crippen molar-refractivity contribution in [1.82, 2.24) is 0 Å². The molecule has 0 heterocycles. The lowest BCUT2D eigenvalue weighted by Gasteiger charge is -2.28. The molecule has 0 bridgehead atoms. The Balaban J connectivity index is 3.42. The number of aliphatic hydroxyl groups excluding tert-OH is 1. The maximum Gasteiger partial charge on any atom is 0.188 e. The molecule has 0 amide bonds. The molecule has 0 saturated carbocycles. The molecule has 0 aromatic rings. The molecular formula is C31H64O3. The summed E-state index contributed by atoms with van der Waals surface area (Å²) < 4.78 is 11.8. The highest BCUT2D eigenvalue weighted by Crippen LogP contribution is 2.17. The summed E-state index contributed by atoms with van der Waals surface area (Å²) in [6, 6.07) is 0. The molecular weight excluding hydrogens is 420 g/mol. The van der Waals surface area contributed by atoms with Gasteiger partial charge in [0.1, 0.15) is 0 Å². The van der Waals surface area contributed by atoms with E-state index in [0.29, 0.717) is 13.2 Å². The lowest BCUT2D eigenvalue weighted by atomic mass is 10.1. The Hall–Kier alpha value is -0.120. The van der Waals surface area contributed by atoms with Crippen LogP contribution in [-0.4, -0.2) is 30.7 Å². The molecule has 3 nitrogen and oxygen atoms in total. The summed E-state index contributed by atoms with van der Waals surface area (Å²) in [7, 11) is 0. The fourth-order valence-electron chi connectivity index (χ4n) is 4.60. The van der Waals surface area contributed by atoms with Gasteiger partial charge in [0.05, 0.1) is 19.8 Å². The van der Waals surface area contributed by atoms with E-state index in [4.69, 9.17) is 9.47 Å². The van der Waals surface area contributed by atoms with E-state index in [-0.39, 0.29) is 6.61 Å². The zero-order chi connectivity index (χ0) is 25.0. The summed E-state index contributed by atoms with van der Waals surface area (Å²) in [5, 5.41) is 9.72. The summed E-state index contributed by atoms with van der Waals surface area (Å²) in [4.78, 5) is 0. The highest BCUT2D eigenvalue weighted by atomic mass is 16.7. The van der Waals surface area contributed by atoms with Gasteiger partial charge in [0, 0.05) is 0 Å². The van der Waals surface area contributed by atoms with Gasteiger partial charge in [-0.3, -0.25) is 0 Å². The van der Waals surface area contributed by atoms with Gasteiger partial charge in [-0.05, 0) is 19.8 Å². The largest absolute Gasteiger partial charge is 0.391 e. The number of hydrogen-bond acceptors (Lipinski definition) is 3. The van der Waals surface area contributed by atoms with Crippen LogP contribution < -0.4 is 0 Å². The number of unbranched alkanes of at least 4 members (excludes halogenated alkanes) is 22. The molecule has 0 radical (unpaired) electrons. The second kappa shape index (κ2) is 27.5. The number of ether oxygens (including phenoxy) is 2. The minimum Gasteiger partial charge on any atom is -0.391 e. The van der Waals surface area contributed by atoms with Crippen molar-refractivity contribution in [2.24, 2.45) is 0 Å². The molecule has 1 N–H and O–H groups in total. The number of aliphatic hydroxyl groups is 1. The molecule has 0 aromatic carbocycles. The van der Waals surface area contributed by atoms with Crippen molar-refractivity contribution in [3.8, 4) is 0 Å². The second-order valence-corrected chi connectivity index (χ2v) is 10.8. The fraction of sp³-hybridized carbons (Fsp3) is 1.00. The van der Waals surface area contributed by atoms with Gasteiger partial charge in [0.15, 0.2) is 5.79 Å². The van der Waals surface area contributed by atoms with Crippen LogP contribution in [-0.2, 0) is 9.47 Å². The zero-order valence-electron chi connectivity index (χ0n) is 23.9. The zero-order valence-corrected chi connectivity index (χ0v) is 23.9. The summed E-state index contributed by atoms with van der Waals surface area (Å²) in [5.74, 6) is -0.824. The molecule has 0 saturated heterocycles. The molecule has 0 rings (SSSR count). The molecule has 0 unspecified atom stereocenters. The van der Waals surface area contributed by atoms with Crippen molar-refractivity contribution >= 4 is 0 Å². The van der Waals surface area contributed by atoms with Crippen LogP contribution in [0.15, 0.2) is 0 Å². The Morgan fingerprint density at radius 3 is 0.882 bits per heavy atom. The molecule has 3 heteroatoms.